The van der Waals surface area contributed by atoms with Gasteiger partial charge in [0.2, 0.25) is 11.9 Å². The minimum atomic E-state index is -0.487. The fourth-order valence-electron chi connectivity index (χ4n) is 4.87. The fraction of sp³-hybridized carbons (Fsp3) is 0.258. The highest BCUT2D eigenvalue weighted by Gasteiger charge is 2.19. The summed E-state index contributed by atoms with van der Waals surface area (Å²) in [5.41, 5.74) is 9.65. The zero-order valence-electron chi connectivity index (χ0n) is 23.2. The van der Waals surface area contributed by atoms with Crippen molar-refractivity contribution in [1.82, 2.24) is 14.5 Å². The second-order valence-electron chi connectivity index (χ2n) is 10.1. The highest BCUT2D eigenvalue weighted by atomic mass is 16.5. The van der Waals surface area contributed by atoms with E-state index < -0.39 is 11.8 Å². The van der Waals surface area contributed by atoms with Crippen LogP contribution in [0.4, 0.5) is 11.6 Å². The summed E-state index contributed by atoms with van der Waals surface area (Å²) >= 11 is 0. The maximum Gasteiger partial charge on any atom is 0.258 e. The second kappa shape index (κ2) is 12.6. The number of amides is 3. The number of carbonyl (C=O) groups excluding carboxylic acids is 3. The van der Waals surface area contributed by atoms with Gasteiger partial charge in [-0.3, -0.25) is 24.6 Å². The van der Waals surface area contributed by atoms with E-state index >= 15 is 0 Å². The third kappa shape index (κ3) is 6.46. The minimum Gasteiger partial charge on any atom is -0.379 e. The number of aryl methyl sites for hydroxylation is 1. The molecule has 5 rings (SSSR count). The van der Waals surface area contributed by atoms with Crippen LogP contribution in [0.1, 0.15) is 38.3 Å². The van der Waals surface area contributed by atoms with E-state index in [0.29, 0.717) is 46.6 Å². The molecule has 4 aromatic rings. The van der Waals surface area contributed by atoms with Crippen LogP contribution >= 0.6 is 0 Å². The number of rotatable bonds is 9. The maximum absolute atomic E-state index is 13.5. The first-order valence-corrected chi connectivity index (χ1v) is 13.6. The van der Waals surface area contributed by atoms with Gasteiger partial charge in [0.15, 0.2) is 0 Å². The molecule has 11 nitrogen and oxygen atoms in total. The Morgan fingerprint density at radius 1 is 1.05 bits per heavy atom. The number of imidazole rings is 1. The molecule has 0 saturated carbocycles. The van der Waals surface area contributed by atoms with Gasteiger partial charge >= 0.3 is 0 Å². The van der Waals surface area contributed by atoms with Crippen molar-refractivity contribution in [2.75, 3.05) is 43.6 Å². The van der Waals surface area contributed by atoms with Crippen molar-refractivity contribution in [1.29, 1.82) is 5.26 Å². The van der Waals surface area contributed by atoms with Crippen LogP contribution in [0, 0.1) is 11.3 Å². The molecular weight excluding hydrogens is 534 g/mol. The molecule has 1 fully saturated rings. The fourth-order valence-corrected chi connectivity index (χ4v) is 4.87. The number of anilines is 2. The van der Waals surface area contributed by atoms with Crippen molar-refractivity contribution in [3.05, 3.63) is 89.0 Å². The molecular formula is C31H31N7O4. The molecule has 214 valence electrons. The van der Waals surface area contributed by atoms with Gasteiger partial charge in [-0.15, -0.1) is 0 Å². The molecule has 0 radical (unpaired) electrons. The molecule has 3 aromatic carbocycles. The number of hydrogen-bond acceptors (Lipinski definition) is 7. The average molecular weight is 566 g/mol. The molecule has 0 atom stereocenters. The van der Waals surface area contributed by atoms with E-state index in [1.54, 1.807) is 65.0 Å². The molecule has 1 aliphatic rings. The van der Waals surface area contributed by atoms with E-state index in [9.17, 15) is 14.4 Å². The summed E-state index contributed by atoms with van der Waals surface area (Å²) in [5, 5.41) is 11.8. The van der Waals surface area contributed by atoms with Gasteiger partial charge in [-0.1, -0.05) is 12.1 Å². The molecule has 0 unspecified atom stereocenters. The molecule has 42 heavy (non-hydrogen) atoms. The smallest absolute Gasteiger partial charge is 0.258 e. The van der Waals surface area contributed by atoms with Gasteiger partial charge in [0.05, 0.1) is 35.9 Å². The van der Waals surface area contributed by atoms with Crippen molar-refractivity contribution >= 4 is 40.4 Å². The summed E-state index contributed by atoms with van der Waals surface area (Å²) in [5.74, 6) is -0.832. The zero-order chi connectivity index (χ0) is 29.6. The molecule has 0 spiro atoms. The molecule has 0 aliphatic carbocycles. The Balaban J connectivity index is 1.39. The lowest BCUT2D eigenvalue weighted by Gasteiger charge is -2.26. The molecule has 1 aromatic heterocycles. The summed E-state index contributed by atoms with van der Waals surface area (Å²) in [4.78, 5) is 46.5. The molecule has 0 bridgehead atoms. The highest BCUT2D eigenvalue weighted by molar-refractivity contribution is 6.07. The topological polar surface area (TPSA) is 147 Å². The van der Waals surface area contributed by atoms with Gasteiger partial charge < -0.3 is 19.9 Å². The number of nitrogens with zero attached hydrogens (tertiary/aromatic N) is 5. The van der Waals surface area contributed by atoms with Gasteiger partial charge in [0, 0.05) is 56.5 Å². The summed E-state index contributed by atoms with van der Waals surface area (Å²) < 4.78 is 7.14. The molecule has 3 N–H and O–H groups in total. The molecule has 11 heteroatoms. The van der Waals surface area contributed by atoms with Crippen LogP contribution in [0.25, 0.3) is 11.0 Å². The number of nitrogens with two attached hydrogens (primary N) is 1. The predicted octanol–water partition coefficient (Wildman–Crippen LogP) is 3.14. The molecule has 1 aliphatic heterocycles. The zero-order valence-corrected chi connectivity index (χ0v) is 23.2. The van der Waals surface area contributed by atoms with Crippen molar-refractivity contribution in [2.24, 2.45) is 5.73 Å². The summed E-state index contributed by atoms with van der Waals surface area (Å²) in [6, 6.07) is 21.2. The van der Waals surface area contributed by atoms with Crippen LogP contribution in [0.2, 0.25) is 0 Å². The first-order valence-electron chi connectivity index (χ1n) is 13.6. The Bertz CT molecular complexity index is 1670. The SMILES string of the molecule is CN(C(=O)c1cccc(CN2CCOCC2)c1)c1ccc2c(c1)nc(NC(=O)c1ccc(C#N)cc1)n2CCC(N)=O. The first kappa shape index (κ1) is 28.5. The molecule has 1 saturated heterocycles. The van der Waals surface area contributed by atoms with Gasteiger partial charge in [0.1, 0.15) is 0 Å². The van der Waals surface area contributed by atoms with E-state index in [4.69, 9.17) is 15.7 Å². The number of fused-ring (bicyclic) bond motifs is 1. The van der Waals surface area contributed by atoms with E-state index in [1.165, 1.54) is 0 Å². The average Bonchev–Trinajstić information content (AvgIpc) is 3.35. The number of primary amides is 1. The maximum atomic E-state index is 13.5. The number of hydrogen-bond donors (Lipinski definition) is 2. The predicted molar refractivity (Wildman–Crippen MR) is 158 cm³/mol. The summed E-state index contributed by atoms with van der Waals surface area (Å²) in [7, 11) is 1.70. The van der Waals surface area contributed by atoms with Gasteiger partial charge in [-0.2, -0.15) is 5.26 Å². The lowest BCUT2D eigenvalue weighted by atomic mass is 10.1. The number of ether oxygens (including phenoxy) is 1. The third-order valence-corrected chi connectivity index (χ3v) is 7.19. The summed E-state index contributed by atoms with van der Waals surface area (Å²) in [6.07, 6.45) is 0.0477. The van der Waals surface area contributed by atoms with Crippen LogP contribution in [-0.2, 0) is 22.6 Å². The Kier molecular flexibility index (Phi) is 8.57. The number of nitriles is 1. The van der Waals surface area contributed by atoms with Gasteiger partial charge in [0.25, 0.3) is 11.8 Å². The van der Waals surface area contributed by atoms with Crippen LogP contribution in [0.15, 0.2) is 66.7 Å². The minimum absolute atomic E-state index is 0.0477. The van der Waals surface area contributed by atoms with Crippen LogP contribution in [-0.4, -0.2) is 65.5 Å². The van der Waals surface area contributed by atoms with Crippen LogP contribution < -0.4 is 16.0 Å². The van der Waals surface area contributed by atoms with Crippen molar-refractivity contribution in [3.8, 4) is 6.07 Å². The van der Waals surface area contributed by atoms with Gasteiger partial charge in [-0.25, -0.2) is 4.98 Å². The Morgan fingerprint density at radius 3 is 2.52 bits per heavy atom. The Morgan fingerprint density at radius 2 is 1.81 bits per heavy atom. The summed E-state index contributed by atoms with van der Waals surface area (Å²) in [6.45, 7) is 4.10. The highest BCUT2D eigenvalue weighted by Crippen LogP contribution is 2.26. The first-order chi connectivity index (χ1) is 20.3. The quantitative estimate of drug-likeness (QED) is 0.317. The number of aromatic nitrogens is 2. The van der Waals surface area contributed by atoms with E-state index in [1.807, 2.05) is 24.3 Å². The number of carbonyl (C=O) groups is 3. The van der Waals surface area contributed by atoms with Crippen molar-refractivity contribution in [3.63, 3.8) is 0 Å². The van der Waals surface area contributed by atoms with Crippen LogP contribution in [0.5, 0.6) is 0 Å². The normalized spacial score (nSPS) is 13.4. The molecule has 2 heterocycles. The van der Waals surface area contributed by atoms with Crippen LogP contribution in [0.3, 0.4) is 0 Å². The third-order valence-electron chi connectivity index (χ3n) is 7.19. The number of morpholine rings is 1. The van der Waals surface area contributed by atoms with E-state index in [2.05, 4.69) is 15.2 Å². The largest absolute Gasteiger partial charge is 0.379 e. The second-order valence-corrected chi connectivity index (χ2v) is 10.1. The molecule has 3 amide bonds. The van der Waals surface area contributed by atoms with E-state index in [0.717, 1.165) is 25.2 Å². The number of nitrogens with one attached hydrogen (secondary N) is 1. The Labute approximate surface area is 243 Å². The Hall–Kier alpha value is -5.05. The monoisotopic (exact) mass is 565 g/mol. The lowest BCUT2D eigenvalue weighted by molar-refractivity contribution is -0.118. The lowest BCUT2D eigenvalue weighted by Crippen LogP contribution is -2.35. The standard InChI is InChI=1S/C31H31N7O4/c1-36(30(41)24-4-2-3-22(17-24)20-37-13-15-42-16-14-37)25-9-10-27-26(18-25)34-31(38(27)12-11-28(33)39)35-29(40)23-7-5-21(19-32)6-8-23/h2-10,17-18H,11-16,20H2,1H3,(H2,33,39)(H,34,35,40). The van der Waals surface area contributed by atoms with E-state index in [-0.39, 0.29) is 24.8 Å². The van der Waals surface area contributed by atoms with Crippen molar-refractivity contribution < 1.29 is 19.1 Å². The van der Waals surface area contributed by atoms with Crippen molar-refractivity contribution in [2.45, 2.75) is 19.5 Å². The number of benzene rings is 3. The van der Waals surface area contributed by atoms with Gasteiger partial charge in [-0.05, 0) is 60.2 Å².